The van der Waals surface area contributed by atoms with E-state index >= 15 is 0 Å². The molecule has 3 N–H and O–H groups in total. The zero-order valence-electron chi connectivity index (χ0n) is 10.2. The van der Waals surface area contributed by atoms with Crippen molar-refractivity contribution in [3.8, 4) is 0 Å². The Bertz CT molecular complexity index is 165. The topological polar surface area (TPSA) is 47.3 Å². The minimum Gasteiger partial charge on any atom is -0.381 e. The van der Waals surface area contributed by atoms with Gasteiger partial charge in [0, 0.05) is 25.8 Å². The Hall–Kier alpha value is -0.120. The lowest BCUT2D eigenvalue weighted by atomic mass is 9.82. The molecule has 0 aromatic carbocycles. The van der Waals surface area contributed by atoms with Crippen molar-refractivity contribution in [2.24, 2.45) is 11.1 Å². The molecule has 1 saturated heterocycles. The molecule has 3 nitrogen and oxygen atoms in total. The SMILES string of the molecule is CC(N)CCCNCC1(C)CCOCC1. The van der Waals surface area contributed by atoms with Gasteiger partial charge in [0.05, 0.1) is 0 Å². The second-order valence-corrected chi connectivity index (χ2v) is 5.22. The summed E-state index contributed by atoms with van der Waals surface area (Å²) in [5.41, 5.74) is 6.15. The first-order valence-corrected chi connectivity index (χ1v) is 6.16. The van der Waals surface area contributed by atoms with Gasteiger partial charge in [0.1, 0.15) is 0 Å². The maximum Gasteiger partial charge on any atom is 0.0471 e. The molecule has 0 aromatic heterocycles. The molecule has 90 valence electrons. The molecule has 0 aromatic rings. The van der Waals surface area contributed by atoms with Gasteiger partial charge in [-0.3, -0.25) is 0 Å². The van der Waals surface area contributed by atoms with Gasteiger partial charge in [-0.15, -0.1) is 0 Å². The number of rotatable bonds is 6. The summed E-state index contributed by atoms with van der Waals surface area (Å²) in [7, 11) is 0. The maximum absolute atomic E-state index is 5.70. The normalized spacial score (nSPS) is 22.6. The summed E-state index contributed by atoms with van der Waals surface area (Å²) in [6.45, 7) is 8.50. The monoisotopic (exact) mass is 214 g/mol. The van der Waals surface area contributed by atoms with Crippen LogP contribution >= 0.6 is 0 Å². The number of ether oxygens (including phenoxy) is 1. The van der Waals surface area contributed by atoms with Crippen molar-refractivity contribution in [1.29, 1.82) is 0 Å². The fourth-order valence-corrected chi connectivity index (χ4v) is 1.98. The third kappa shape index (κ3) is 5.50. The number of hydrogen-bond acceptors (Lipinski definition) is 3. The Morgan fingerprint density at radius 2 is 2.07 bits per heavy atom. The molecule has 0 radical (unpaired) electrons. The molecule has 0 saturated carbocycles. The summed E-state index contributed by atoms with van der Waals surface area (Å²) in [6.07, 6.45) is 4.68. The highest BCUT2D eigenvalue weighted by molar-refractivity contribution is 4.79. The molecule has 1 rings (SSSR count). The van der Waals surface area contributed by atoms with E-state index in [-0.39, 0.29) is 0 Å². The van der Waals surface area contributed by atoms with E-state index < -0.39 is 0 Å². The zero-order valence-corrected chi connectivity index (χ0v) is 10.2. The lowest BCUT2D eigenvalue weighted by molar-refractivity contribution is 0.0242. The van der Waals surface area contributed by atoms with Crippen LogP contribution in [0.15, 0.2) is 0 Å². The minimum absolute atomic E-state index is 0.338. The fraction of sp³-hybridized carbons (Fsp3) is 1.00. The lowest BCUT2D eigenvalue weighted by Crippen LogP contribution is -2.37. The van der Waals surface area contributed by atoms with Gasteiger partial charge in [-0.05, 0) is 44.6 Å². The third-order valence-electron chi connectivity index (χ3n) is 3.26. The van der Waals surface area contributed by atoms with E-state index in [0.717, 1.165) is 32.7 Å². The summed E-state index contributed by atoms with van der Waals surface area (Å²) >= 11 is 0. The van der Waals surface area contributed by atoms with Gasteiger partial charge in [-0.25, -0.2) is 0 Å². The van der Waals surface area contributed by atoms with Crippen LogP contribution in [0.25, 0.3) is 0 Å². The predicted molar refractivity (Wildman–Crippen MR) is 63.9 cm³/mol. The third-order valence-corrected chi connectivity index (χ3v) is 3.26. The Labute approximate surface area is 93.8 Å². The van der Waals surface area contributed by atoms with E-state index in [0.29, 0.717) is 11.5 Å². The van der Waals surface area contributed by atoms with Crippen LogP contribution in [0.3, 0.4) is 0 Å². The molecule has 0 aliphatic carbocycles. The first kappa shape index (κ1) is 12.9. The molecule has 0 spiro atoms. The number of nitrogens with one attached hydrogen (secondary N) is 1. The second kappa shape index (κ2) is 6.46. The first-order chi connectivity index (χ1) is 7.12. The zero-order chi connectivity index (χ0) is 11.1. The molecular formula is C12H26N2O. The van der Waals surface area contributed by atoms with Gasteiger partial charge in [0.15, 0.2) is 0 Å². The van der Waals surface area contributed by atoms with Crippen molar-refractivity contribution in [3.05, 3.63) is 0 Å². The summed E-state index contributed by atoms with van der Waals surface area (Å²) < 4.78 is 5.38. The van der Waals surface area contributed by atoms with Crippen LogP contribution < -0.4 is 11.1 Å². The van der Waals surface area contributed by atoms with Crippen molar-refractivity contribution in [1.82, 2.24) is 5.32 Å². The highest BCUT2D eigenvalue weighted by atomic mass is 16.5. The van der Waals surface area contributed by atoms with Crippen LogP contribution in [-0.4, -0.2) is 32.3 Å². The van der Waals surface area contributed by atoms with Gasteiger partial charge >= 0.3 is 0 Å². The average molecular weight is 214 g/mol. The highest BCUT2D eigenvalue weighted by Crippen LogP contribution is 2.28. The summed E-state index contributed by atoms with van der Waals surface area (Å²) in [5.74, 6) is 0. The van der Waals surface area contributed by atoms with E-state index in [2.05, 4.69) is 19.2 Å². The Morgan fingerprint density at radius 1 is 1.40 bits per heavy atom. The van der Waals surface area contributed by atoms with Gasteiger partial charge in [-0.2, -0.15) is 0 Å². The first-order valence-electron chi connectivity index (χ1n) is 6.16. The minimum atomic E-state index is 0.338. The fourth-order valence-electron chi connectivity index (χ4n) is 1.98. The summed E-state index contributed by atoms with van der Waals surface area (Å²) in [4.78, 5) is 0. The number of hydrogen-bond donors (Lipinski definition) is 2. The van der Waals surface area contributed by atoms with E-state index in [4.69, 9.17) is 10.5 Å². The van der Waals surface area contributed by atoms with Crippen LogP contribution in [0.2, 0.25) is 0 Å². The quantitative estimate of drug-likeness (QED) is 0.659. The van der Waals surface area contributed by atoms with Gasteiger partial charge in [-0.1, -0.05) is 6.92 Å². The standard InChI is InChI=1S/C12H26N2O/c1-11(13)4-3-7-14-10-12(2)5-8-15-9-6-12/h11,14H,3-10,13H2,1-2H3. The second-order valence-electron chi connectivity index (χ2n) is 5.22. The largest absolute Gasteiger partial charge is 0.381 e. The highest BCUT2D eigenvalue weighted by Gasteiger charge is 2.26. The van der Waals surface area contributed by atoms with Crippen molar-refractivity contribution >= 4 is 0 Å². The van der Waals surface area contributed by atoms with Crippen LogP contribution in [0.5, 0.6) is 0 Å². The van der Waals surface area contributed by atoms with Crippen molar-refractivity contribution in [2.45, 2.75) is 45.6 Å². The molecule has 1 heterocycles. The smallest absolute Gasteiger partial charge is 0.0471 e. The van der Waals surface area contributed by atoms with Crippen LogP contribution in [0.4, 0.5) is 0 Å². The van der Waals surface area contributed by atoms with Crippen LogP contribution in [0.1, 0.15) is 39.5 Å². The molecule has 1 unspecified atom stereocenters. The molecule has 1 aliphatic heterocycles. The molecule has 3 heteroatoms. The van der Waals surface area contributed by atoms with Gasteiger partial charge < -0.3 is 15.8 Å². The Kier molecular flexibility index (Phi) is 5.58. The van der Waals surface area contributed by atoms with E-state index in [1.165, 1.54) is 19.3 Å². The Balaban J connectivity index is 2.03. The van der Waals surface area contributed by atoms with Crippen LogP contribution in [-0.2, 0) is 4.74 Å². The molecule has 1 atom stereocenters. The number of nitrogens with two attached hydrogens (primary N) is 1. The molecule has 1 aliphatic rings. The van der Waals surface area contributed by atoms with E-state index in [1.54, 1.807) is 0 Å². The van der Waals surface area contributed by atoms with E-state index in [1.807, 2.05) is 0 Å². The van der Waals surface area contributed by atoms with Gasteiger partial charge in [0.2, 0.25) is 0 Å². The predicted octanol–water partition coefficient (Wildman–Crippen LogP) is 1.52. The van der Waals surface area contributed by atoms with Crippen LogP contribution in [0, 0.1) is 5.41 Å². The summed E-state index contributed by atoms with van der Waals surface area (Å²) in [5, 5.41) is 3.54. The van der Waals surface area contributed by atoms with Gasteiger partial charge in [0.25, 0.3) is 0 Å². The molecule has 0 amide bonds. The Morgan fingerprint density at radius 3 is 2.67 bits per heavy atom. The lowest BCUT2D eigenvalue weighted by Gasteiger charge is -2.33. The van der Waals surface area contributed by atoms with Crippen molar-refractivity contribution < 1.29 is 4.74 Å². The molecular weight excluding hydrogens is 188 g/mol. The van der Waals surface area contributed by atoms with Crippen molar-refractivity contribution in [3.63, 3.8) is 0 Å². The summed E-state index contributed by atoms with van der Waals surface area (Å²) in [6, 6.07) is 0.338. The molecule has 1 fully saturated rings. The van der Waals surface area contributed by atoms with E-state index in [9.17, 15) is 0 Å². The molecule has 0 bridgehead atoms. The maximum atomic E-state index is 5.70. The molecule has 15 heavy (non-hydrogen) atoms. The van der Waals surface area contributed by atoms with Crippen molar-refractivity contribution in [2.75, 3.05) is 26.3 Å². The average Bonchev–Trinajstić information content (AvgIpc) is 2.17.